The van der Waals surface area contributed by atoms with Crippen molar-refractivity contribution in [1.29, 1.82) is 0 Å². The minimum atomic E-state index is 0.607. The molecule has 0 radical (unpaired) electrons. The highest BCUT2D eigenvalue weighted by Gasteiger charge is 2.13. The average Bonchev–Trinajstić information content (AvgIpc) is 2.67. The van der Waals surface area contributed by atoms with Gasteiger partial charge in [0, 0.05) is 19.0 Å². The smallest absolute Gasteiger partial charge is 0.141 e. The number of rotatable bonds is 4. The number of aromatic nitrogens is 2. The largest absolute Gasteiger partial charge is 0.497 e. The van der Waals surface area contributed by atoms with Crippen molar-refractivity contribution < 1.29 is 4.74 Å². The molecule has 1 aromatic carbocycles. The van der Waals surface area contributed by atoms with Crippen LogP contribution in [0.15, 0.2) is 28.9 Å². The van der Waals surface area contributed by atoms with E-state index in [1.54, 1.807) is 7.11 Å². The van der Waals surface area contributed by atoms with E-state index in [0.29, 0.717) is 6.54 Å². The van der Waals surface area contributed by atoms with Crippen LogP contribution in [0.5, 0.6) is 5.75 Å². The summed E-state index contributed by atoms with van der Waals surface area (Å²) in [4.78, 5) is 4.54. The second kappa shape index (κ2) is 5.54. The zero-order valence-electron chi connectivity index (χ0n) is 10.5. The van der Waals surface area contributed by atoms with Crippen molar-refractivity contribution in [3.05, 3.63) is 34.6 Å². The van der Waals surface area contributed by atoms with Crippen molar-refractivity contribution in [2.75, 3.05) is 13.7 Å². The molecule has 0 unspecified atom stereocenters. The van der Waals surface area contributed by atoms with Crippen molar-refractivity contribution in [3.8, 4) is 17.1 Å². The van der Waals surface area contributed by atoms with Gasteiger partial charge in [-0.2, -0.15) is 0 Å². The van der Waals surface area contributed by atoms with Crippen LogP contribution in [0, 0.1) is 0 Å². The van der Waals surface area contributed by atoms with Gasteiger partial charge < -0.3 is 15.0 Å². The first-order valence-electron chi connectivity index (χ1n) is 5.73. The van der Waals surface area contributed by atoms with E-state index in [1.807, 2.05) is 31.3 Å². The van der Waals surface area contributed by atoms with Gasteiger partial charge in [0.2, 0.25) is 0 Å². The maximum atomic E-state index is 5.61. The van der Waals surface area contributed by atoms with E-state index in [0.717, 1.165) is 33.9 Å². The van der Waals surface area contributed by atoms with Gasteiger partial charge in [-0.15, -0.1) is 0 Å². The van der Waals surface area contributed by atoms with E-state index in [4.69, 9.17) is 10.5 Å². The number of methoxy groups -OCH3 is 1. The van der Waals surface area contributed by atoms with Crippen LogP contribution in [0.3, 0.4) is 0 Å². The molecule has 96 valence electrons. The highest BCUT2D eigenvalue weighted by Crippen LogP contribution is 2.27. The van der Waals surface area contributed by atoms with Crippen LogP contribution in [0.1, 0.15) is 5.69 Å². The second-order valence-electron chi connectivity index (χ2n) is 4.00. The van der Waals surface area contributed by atoms with E-state index in [1.165, 1.54) is 0 Å². The summed E-state index contributed by atoms with van der Waals surface area (Å²) < 4.78 is 8.15. The molecule has 0 bridgehead atoms. The Morgan fingerprint density at radius 2 is 2.22 bits per heavy atom. The minimum absolute atomic E-state index is 0.607. The van der Waals surface area contributed by atoms with Gasteiger partial charge in [-0.1, -0.05) is 12.1 Å². The van der Waals surface area contributed by atoms with Crippen molar-refractivity contribution in [1.82, 2.24) is 9.55 Å². The number of hydrogen-bond acceptors (Lipinski definition) is 3. The summed E-state index contributed by atoms with van der Waals surface area (Å²) in [6.07, 6.45) is 0.800. The zero-order valence-corrected chi connectivity index (χ0v) is 12.1. The number of halogens is 1. The highest BCUT2D eigenvalue weighted by atomic mass is 79.9. The second-order valence-corrected chi connectivity index (χ2v) is 4.75. The summed E-state index contributed by atoms with van der Waals surface area (Å²) in [5.74, 6) is 1.73. The Bertz CT molecular complexity index is 551. The van der Waals surface area contributed by atoms with Crippen LogP contribution >= 0.6 is 15.9 Å². The minimum Gasteiger partial charge on any atom is -0.497 e. The summed E-state index contributed by atoms with van der Waals surface area (Å²) >= 11 is 3.48. The predicted molar refractivity (Wildman–Crippen MR) is 75.7 cm³/mol. The Morgan fingerprint density at radius 1 is 1.44 bits per heavy atom. The third-order valence-corrected chi connectivity index (χ3v) is 3.51. The fourth-order valence-electron chi connectivity index (χ4n) is 1.93. The van der Waals surface area contributed by atoms with Crippen molar-refractivity contribution >= 4 is 15.9 Å². The lowest BCUT2D eigenvalue weighted by Crippen LogP contribution is -2.07. The zero-order chi connectivity index (χ0) is 13.1. The monoisotopic (exact) mass is 309 g/mol. The maximum absolute atomic E-state index is 5.61. The molecule has 18 heavy (non-hydrogen) atoms. The molecule has 0 aliphatic heterocycles. The van der Waals surface area contributed by atoms with Gasteiger partial charge in [0.05, 0.1) is 12.8 Å². The van der Waals surface area contributed by atoms with E-state index in [9.17, 15) is 0 Å². The van der Waals surface area contributed by atoms with Crippen molar-refractivity contribution in [2.45, 2.75) is 6.42 Å². The molecule has 0 fully saturated rings. The molecule has 5 heteroatoms. The highest BCUT2D eigenvalue weighted by molar-refractivity contribution is 9.10. The molecule has 2 aromatic rings. The number of imidazole rings is 1. The fourth-order valence-corrected chi connectivity index (χ4v) is 2.56. The van der Waals surface area contributed by atoms with Gasteiger partial charge in [-0.05, 0) is 34.6 Å². The Hall–Kier alpha value is -1.33. The van der Waals surface area contributed by atoms with Crippen LogP contribution in [0.2, 0.25) is 0 Å². The Kier molecular flexibility index (Phi) is 4.04. The number of ether oxygens (including phenoxy) is 1. The average molecular weight is 310 g/mol. The van der Waals surface area contributed by atoms with Gasteiger partial charge in [0.25, 0.3) is 0 Å². The lowest BCUT2D eigenvalue weighted by molar-refractivity contribution is 0.415. The molecule has 0 aliphatic rings. The standard InChI is InChI=1S/C13H16BrN3O/c1-17-11(6-7-15)12(14)16-13(17)9-4-3-5-10(8-9)18-2/h3-5,8H,6-7,15H2,1-2H3. The molecule has 0 saturated heterocycles. The van der Waals surface area contributed by atoms with Gasteiger partial charge in [0.15, 0.2) is 0 Å². The molecule has 0 spiro atoms. The van der Waals surface area contributed by atoms with E-state index in [-0.39, 0.29) is 0 Å². The number of nitrogens with two attached hydrogens (primary N) is 1. The molecule has 0 atom stereocenters. The number of nitrogens with zero attached hydrogens (tertiary/aromatic N) is 2. The predicted octanol–water partition coefficient (Wildman–Crippen LogP) is 2.36. The fraction of sp³-hybridized carbons (Fsp3) is 0.308. The molecule has 4 nitrogen and oxygen atoms in total. The molecular formula is C13H16BrN3O. The summed E-state index contributed by atoms with van der Waals surface area (Å²) in [6, 6.07) is 7.87. The molecule has 0 amide bonds. The van der Waals surface area contributed by atoms with Crippen LogP contribution in [-0.4, -0.2) is 23.2 Å². The van der Waals surface area contributed by atoms with Crippen LogP contribution < -0.4 is 10.5 Å². The summed E-state index contributed by atoms with van der Waals surface area (Å²) in [6.45, 7) is 0.607. The molecular weight excluding hydrogens is 294 g/mol. The van der Waals surface area contributed by atoms with Crippen molar-refractivity contribution in [3.63, 3.8) is 0 Å². The summed E-state index contributed by atoms with van der Waals surface area (Å²) in [7, 11) is 3.66. The maximum Gasteiger partial charge on any atom is 0.141 e. The number of benzene rings is 1. The third-order valence-electron chi connectivity index (χ3n) is 2.87. The molecule has 2 N–H and O–H groups in total. The molecule has 0 saturated carbocycles. The lowest BCUT2D eigenvalue weighted by atomic mass is 10.2. The normalized spacial score (nSPS) is 10.7. The van der Waals surface area contributed by atoms with E-state index >= 15 is 0 Å². The lowest BCUT2D eigenvalue weighted by Gasteiger charge is -2.06. The Balaban J connectivity index is 2.47. The van der Waals surface area contributed by atoms with E-state index in [2.05, 4.69) is 25.5 Å². The number of hydrogen-bond donors (Lipinski definition) is 1. The summed E-state index contributed by atoms with van der Waals surface area (Å²) in [5, 5.41) is 0. The van der Waals surface area contributed by atoms with Crippen LogP contribution in [0.4, 0.5) is 0 Å². The first kappa shape index (κ1) is 13.1. The molecule has 1 heterocycles. The van der Waals surface area contributed by atoms with Gasteiger partial charge in [0.1, 0.15) is 16.2 Å². The summed E-state index contributed by atoms with van der Waals surface area (Å²) in [5.41, 5.74) is 7.75. The van der Waals surface area contributed by atoms with Crippen LogP contribution in [-0.2, 0) is 13.5 Å². The Labute approximate surface area is 115 Å². The van der Waals surface area contributed by atoms with Gasteiger partial charge in [-0.3, -0.25) is 0 Å². The van der Waals surface area contributed by atoms with Crippen LogP contribution in [0.25, 0.3) is 11.4 Å². The SMILES string of the molecule is COc1cccc(-c2nc(Br)c(CCN)n2C)c1. The molecule has 1 aromatic heterocycles. The first-order chi connectivity index (χ1) is 8.67. The first-order valence-corrected chi connectivity index (χ1v) is 6.52. The Morgan fingerprint density at radius 3 is 2.89 bits per heavy atom. The molecule has 2 rings (SSSR count). The van der Waals surface area contributed by atoms with Crippen molar-refractivity contribution in [2.24, 2.45) is 12.8 Å². The third kappa shape index (κ3) is 2.42. The van der Waals surface area contributed by atoms with E-state index < -0.39 is 0 Å². The molecule has 0 aliphatic carbocycles. The quantitative estimate of drug-likeness (QED) is 0.943. The topological polar surface area (TPSA) is 53.1 Å². The van der Waals surface area contributed by atoms with Gasteiger partial charge >= 0.3 is 0 Å². The van der Waals surface area contributed by atoms with Gasteiger partial charge in [-0.25, -0.2) is 4.98 Å².